The Hall–Kier alpha value is -1.10. The predicted octanol–water partition coefficient (Wildman–Crippen LogP) is 0.270. The zero-order valence-corrected chi connectivity index (χ0v) is 8.53. The highest BCUT2D eigenvalue weighted by atomic mass is 16.6. The lowest BCUT2D eigenvalue weighted by Gasteiger charge is -2.19. The highest BCUT2D eigenvalue weighted by Crippen LogP contribution is 2.32. The maximum Gasteiger partial charge on any atom is 0.303 e. The summed E-state index contributed by atoms with van der Waals surface area (Å²) in [5.41, 5.74) is -0.485. The van der Waals surface area contributed by atoms with Crippen molar-refractivity contribution in [3.8, 4) is 0 Å². The molecule has 0 amide bonds. The summed E-state index contributed by atoms with van der Waals surface area (Å²) >= 11 is 0. The van der Waals surface area contributed by atoms with E-state index in [9.17, 15) is 9.59 Å². The van der Waals surface area contributed by atoms with Crippen LogP contribution < -0.4 is 0 Å². The third-order valence-corrected chi connectivity index (χ3v) is 2.03. The molecule has 0 spiro atoms. The standard InChI is InChI=1S/C9H14O5/c1-6(10)12-4-8(14-7(2)11)9(3)5-13-9/h8H,4-5H2,1-3H3. The van der Waals surface area contributed by atoms with Gasteiger partial charge in [0.25, 0.3) is 0 Å². The number of hydrogen-bond donors (Lipinski definition) is 0. The summed E-state index contributed by atoms with van der Waals surface area (Å²) in [5, 5.41) is 0. The summed E-state index contributed by atoms with van der Waals surface area (Å²) in [4.78, 5) is 21.3. The van der Waals surface area contributed by atoms with Gasteiger partial charge in [0, 0.05) is 13.8 Å². The molecule has 5 heteroatoms. The van der Waals surface area contributed by atoms with E-state index in [-0.39, 0.29) is 6.61 Å². The predicted molar refractivity (Wildman–Crippen MR) is 46.5 cm³/mol. The summed E-state index contributed by atoms with van der Waals surface area (Å²) in [6.07, 6.45) is -0.510. The monoisotopic (exact) mass is 202 g/mol. The first-order valence-electron chi connectivity index (χ1n) is 4.38. The quantitative estimate of drug-likeness (QED) is 0.483. The lowest BCUT2D eigenvalue weighted by atomic mass is 10.1. The first-order valence-corrected chi connectivity index (χ1v) is 4.38. The average Bonchev–Trinajstić information content (AvgIpc) is 2.77. The Morgan fingerprint density at radius 1 is 1.43 bits per heavy atom. The van der Waals surface area contributed by atoms with Crippen LogP contribution in [0.15, 0.2) is 0 Å². The van der Waals surface area contributed by atoms with Crippen LogP contribution in [0.25, 0.3) is 0 Å². The first kappa shape index (κ1) is 11.0. The van der Waals surface area contributed by atoms with Crippen molar-refractivity contribution in [2.45, 2.75) is 32.5 Å². The molecule has 0 bridgehead atoms. The summed E-state index contributed by atoms with van der Waals surface area (Å²) in [6.45, 7) is 5.00. The van der Waals surface area contributed by atoms with Crippen molar-refractivity contribution in [3.05, 3.63) is 0 Å². The van der Waals surface area contributed by atoms with E-state index in [1.807, 2.05) is 6.92 Å². The molecule has 2 unspecified atom stereocenters. The van der Waals surface area contributed by atoms with E-state index in [0.717, 1.165) is 0 Å². The molecule has 1 saturated heterocycles. The molecule has 0 aromatic rings. The zero-order valence-electron chi connectivity index (χ0n) is 8.53. The molecule has 1 aliphatic rings. The fraction of sp³-hybridized carbons (Fsp3) is 0.778. The van der Waals surface area contributed by atoms with Crippen molar-refractivity contribution in [1.29, 1.82) is 0 Å². The van der Waals surface area contributed by atoms with Crippen LogP contribution in [0, 0.1) is 0 Å². The zero-order chi connectivity index (χ0) is 10.8. The Balaban J connectivity index is 2.45. The molecule has 1 heterocycles. The number of epoxide rings is 1. The number of hydrogen-bond acceptors (Lipinski definition) is 5. The van der Waals surface area contributed by atoms with Crippen LogP contribution in [0.5, 0.6) is 0 Å². The van der Waals surface area contributed by atoms with Crippen molar-refractivity contribution < 1.29 is 23.8 Å². The molecular formula is C9H14O5. The Labute approximate surface area is 82.3 Å². The van der Waals surface area contributed by atoms with Crippen molar-refractivity contribution in [3.63, 3.8) is 0 Å². The van der Waals surface area contributed by atoms with Gasteiger partial charge in [-0.1, -0.05) is 0 Å². The van der Waals surface area contributed by atoms with E-state index in [0.29, 0.717) is 6.61 Å². The molecule has 80 valence electrons. The Kier molecular flexibility index (Phi) is 3.10. The average molecular weight is 202 g/mol. The van der Waals surface area contributed by atoms with Crippen LogP contribution in [-0.2, 0) is 23.8 Å². The van der Waals surface area contributed by atoms with Gasteiger partial charge in [-0.15, -0.1) is 0 Å². The maximum atomic E-state index is 10.8. The van der Waals surface area contributed by atoms with Crippen molar-refractivity contribution in [1.82, 2.24) is 0 Å². The molecular weight excluding hydrogens is 188 g/mol. The second-order valence-corrected chi connectivity index (χ2v) is 3.50. The van der Waals surface area contributed by atoms with Crippen LogP contribution in [0.3, 0.4) is 0 Å². The Bertz CT molecular complexity index is 244. The summed E-state index contributed by atoms with van der Waals surface area (Å²) in [5.74, 6) is -0.801. The van der Waals surface area contributed by atoms with Crippen LogP contribution >= 0.6 is 0 Å². The molecule has 14 heavy (non-hydrogen) atoms. The molecule has 0 aliphatic carbocycles. The van der Waals surface area contributed by atoms with Crippen LogP contribution in [-0.4, -0.2) is 36.9 Å². The van der Waals surface area contributed by atoms with Gasteiger partial charge in [-0.05, 0) is 6.92 Å². The van der Waals surface area contributed by atoms with Gasteiger partial charge in [0.05, 0.1) is 6.61 Å². The summed E-state index contributed by atoms with van der Waals surface area (Å²) in [6, 6.07) is 0. The number of rotatable bonds is 4. The third kappa shape index (κ3) is 2.99. The largest absolute Gasteiger partial charge is 0.462 e. The molecule has 0 N–H and O–H groups in total. The van der Waals surface area contributed by atoms with E-state index in [2.05, 4.69) is 0 Å². The second-order valence-electron chi connectivity index (χ2n) is 3.50. The van der Waals surface area contributed by atoms with E-state index < -0.39 is 23.6 Å². The normalized spacial score (nSPS) is 26.5. The Morgan fingerprint density at radius 2 is 2.00 bits per heavy atom. The third-order valence-electron chi connectivity index (χ3n) is 2.03. The van der Waals surface area contributed by atoms with Crippen LogP contribution in [0.4, 0.5) is 0 Å². The second kappa shape index (κ2) is 3.96. The molecule has 0 aromatic carbocycles. The summed E-state index contributed by atoms with van der Waals surface area (Å²) in [7, 11) is 0. The minimum Gasteiger partial charge on any atom is -0.462 e. The van der Waals surface area contributed by atoms with Crippen LogP contribution in [0.1, 0.15) is 20.8 Å². The minimum absolute atomic E-state index is 0.0470. The van der Waals surface area contributed by atoms with Crippen molar-refractivity contribution in [2.24, 2.45) is 0 Å². The lowest BCUT2D eigenvalue weighted by Crippen LogP contribution is -2.36. The number of carbonyl (C=O) groups excluding carboxylic acids is 2. The first-order chi connectivity index (χ1) is 6.44. The fourth-order valence-corrected chi connectivity index (χ4v) is 1.03. The molecule has 1 fully saturated rings. The van der Waals surface area contributed by atoms with Crippen LogP contribution in [0.2, 0.25) is 0 Å². The van der Waals surface area contributed by atoms with Gasteiger partial charge >= 0.3 is 11.9 Å². The SMILES string of the molecule is CC(=O)OCC(OC(C)=O)C1(C)CO1. The van der Waals surface area contributed by atoms with Gasteiger partial charge in [0.2, 0.25) is 0 Å². The van der Waals surface area contributed by atoms with E-state index in [1.165, 1.54) is 13.8 Å². The smallest absolute Gasteiger partial charge is 0.303 e. The number of esters is 2. The van der Waals surface area contributed by atoms with Gasteiger partial charge in [0.1, 0.15) is 12.2 Å². The van der Waals surface area contributed by atoms with Gasteiger partial charge in [-0.3, -0.25) is 9.59 Å². The van der Waals surface area contributed by atoms with E-state index in [4.69, 9.17) is 14.2 Å². The highest BCUT2D eigenvalue weighted by Gasteiger charge is 2.49. The highest BCUT2D eigenvalue weighted by molar-refractivity contribution is 5.67. The number of carbonyl (C=O) groups is 2. The maximum absolute atomic E-state index is 10.8. The van der Waals surface area contributed by atoms with Gasteiger partial charge in [0.15, 0.2) is 6.10 Å². The fourth-order valence-electron chi connectivity index (χ4n) is 1.03. The van der Waals surface area contributed by atoms with Gasteiger partial charge in [-0.25, -0.2) is 0 Å². The van der Waals surface area contributed by atoms with E-state index in [1.54, 1.807) is 0 Å². The molecule has 1 rings (SSSR count). The van der Waals surface area contributed by atoms with Gasteiger partial charge < -0.3 is 14.2 Å². The van der Waals surface area contributed by atoms with E-state index >= 15 is 0 Å². The minimum atomic E-state index is -0.510. The Morgan fingerprint density at radius 3 is 2.36 bits per heavy atom. The molecule has 0 saturated carbocycles. The van der Waals surface area contributed by atoms with Gasteiger partial charge in [-0.2, -0.15) is 0 Å². The lowest BCUT2D eigenvalue weighted by molar-refractivity contribution is -0.160. The van der Waals surface area contributed by atoms with Crippen molar-refractivity contribution >= 4 is 11.9 Å². The van der Waals surface area contributed by atoms with Crippen molar-refractivity contribution in [2.75, 3.05) is 13.2 Å². The topological polar surface area (TPSA) is 65.1 Å². The summed E-state index contributed by atoms with van der Waals surface area (Å²) < 4.78 is 14.9. The molecule has 0 radical (unpaired) electrons. The molecule has 0 aromatic heterocycles. The molecule has 2 atom stereocenters. The molecule has 1 aliphatic heterocycles. The number of ether oxygens (including phenoxy) is 3. The molecule has 5 nitrogen and oxygen atoms in total.